The second kappa shape index (κ2) is 7.19. The molecule has 0 bridgehead atoms. The Labute approximate surface area is 124 Å². The van der Waals surface area contributed by atoms with E-state index in [0.29, 0.717) is 50.7 Å². The number of rotatable bonds is 5. The van der Waals surface area contributed by atoms with Crippen molar-refractivity contribution in [2.24, 2.45) is 0 Å². The number of aryl methyl sites for hydroxylation is 2. The van der Waals surface area contributed by atoms with E-state index in [2.05, 4.69) is 17.1 Å². The average Bonchev–Trinajstić information content (AvgIpc) is 2.93. The van der Waals surface area contributed by atoms with Gasteiger partial charge in [-0.2, -0.15) is 4.98 Å². The maximum atomic E-state index is 12.1. The third-order valence-corrected chi connectivity index (χ3v) is 3.61. The van der Waals surface area contributed by atoms with E-state index in [1.165, 1.54) is 0 Å². The van der Waals surface area contributed by atoms with Gasteiger partial charge in [-0.1, -0.05) is 12.1 Å². The molecule has 21 heavy (non-hydrogen) atoms. The number of amides is 2. The summed E-state index contributed by atoms with van der Waals surface area (Å²) in [7, 11) is 0. The Morgan fingerprint density at radius 3 is 2.43 bits per heavy atom. The second-order valence-electron chi connectivity index (χ2n) is 5.24. The van der Waals surface area contributed by atoms with Crippen LogP contribution in [0, 0.1) is 0 Å². The summed E-state index contributed by atoms with van der Waals surface area (Å²) in [4.78, 5) is 31.2. The van der Waals surface area contributed by atoms with E-state index in [1.807, 2.05) is 0 Å². The molecule has 7 heteroatoms. The number of carbonyl (C=O) groups is 2. The molecule has 0 atom stereocenters. The maximum Gasteiger partial charge on any atom is 0.227 e. The number of piperazine rings is 1. The minimum absolute atomic E-state index is 0.0661. The van der Waals surface area contributed by atoms with Crippen molar-refractivity contribution in [3.8, 4) is 0 Å². The smallest absolute Gasteiger partial charge is 0.227 e. The number of hydrogen-bond acceptors (Lipinski definition) is 5. The molecule has 2 heterocycles. The van der Waals surface area contributed by atoms with Crippen molar-refractivity contribution in [1.29, 1.82) is 0 Å². The summed E-state index contributed by atoms with van der Waals surface area (Å²) in [6, 6.07) is 0. The summed E-state index contributed by atoms with van der Waals surface area (Å²) in [5.41, 5.74) is 0. The van der Waals surface area contributed by atoms with Gasteiger partial charge < -0.3 is 14.3 Å². The zero-order chi connectivity index (χ0) is 15.2. The van der Waals surface area contributed by atoms with Crippen LogP contribution in [0.1, 0.15) is 38.4 Å². The molecule has 1 saturated heterocycles. The van der Waals surface area contributed by atoms with Crippen molar-refractivity contribution in [2.75, 3.05) is 26.2 Å². The molecule has 116 valence electrons. The summed E-state index contributed by atoms with van der Waals surface area (Å²) >= 11 is 0. The van der Waals surface area contributed by atoms with Gasteiger partial charge in [0.1, 0.15) is 0 Å². The van der Waals surface area contributed by atoms with Gasteiger partial charge >= 0.3 is 0 Å². The lowest BCUT2D eigenvalue weighted by Crippen LogP contribution is -2.50. The van der Waals surface area contributed by atoms with Gasteiger partial charge in [0.2, 0.25) is 17.7 Å². The van der Waals surface area contributed by atoms with Gasteiger partial charge in [-0.15, -0.1) is 0 Å². The molecule has 1 aliphatic heterocycles. The Morgan fingerprint density at radius 1 is 1.14 bits per heavy atom. The largest absolute Gasteiger partial charge is 0.339 e. The van der Waals surface area contributed by atoms with Crippen molar-refractivity contribution in [3.63, 3.8) is 0 Å². The number of hydrogen-bond donors (Lipinski definition) is 0. The highest BCUT2D eigenvalue weighted by Gasteiger charge is 2.22. The SMILES string of the molecule is CCCc1noc(CCC(=O)N2CCN(C(C)=O)CC2)n1. The van der Waals surface area contributed by atoms with E-state index < -0.39 is 0 Å². The first-order chi connectivity index (χ1) is 10.1. The molecule has 0 N–H and O–H groups in total. The number of carbonyl (C=O) groups excluding carboxylic acids is 2. The van der Waals surface area contributed by atoms with Crippen molar-refractivity contribution >= 4 is 11.8 Å². The summed E-state index contributed by atoms with van der Waals surface area (Å²) < 4.78 is 5.12. The normalized spacial score (nSPS) is 15.3. The van der Waals surface area contributed by atoms with Gasteiger partial charge in [0, 0.05) is 52.4 Å². The monoisotopic (exact) mass is 294 g/mol. The molecule has 0 saturated carbocycles. The van der Waals surface area contributed by atoms with E-state index in [1.54, 1.807) is 16.7 Å². The highest BCUT2D eigenvalue weighted by molar-refractivity contribution is 5.77. The predicted octanol–water partition coefficient (Wildman–Crippen LogP) is 0.645. The van der Waals surface area contributed by atoms with Crippen LogP contribution in [-0.4, -0.2) is 57.9 Å². The van der Waals surface area contributed by atoms with Crippen molar-refractivity contribution in [1.82, 2.24) is 19.9 Å². The highest BCUT2D eigenvalue weighted by atomic mass is 16.5. The Bertz CT molecular complexity index is 492. The molecule has 0 aliphatic carbocycles. The van der Waals surface area contributed by atoms with Crippen LogP contribution < -0.4 is 0 Å². The van der Waals surface area contributed by atoms with Crippen LogP contribution in [0.2, 0.25) is 0 Å². The van der Waals surface area contributed by atoms with Crippen LogP contribution in [0.4, 0.5) is 0 Å². The first kappa shape index (κ1) is 15.5. The average molecular weight is 294 g/mol. The van der Waals surface area contributed by atoms with Gasteiger partial charge in [0.05, 0.1) is 0 Å². The van der Waals surface area contributed by atoms with Crippen LogP contribution in [0.3, 0.4) is 0 Å². The molecule has 1 aromatic rings. The number of nitrogens with zero attached hydrogens (tertiary/aromatic N) is 4. The lowest BCUT2D eigenvalue weighted by Gasteiger charge is -2.34. The van der Waals surface area contributed by atoms with Gasteiger partial charge in [0.25, 0.3) is 0 Å². The molecule has 2 amide bonds. The molecule has 0 radical (unpaired) electrons. The summed E-state index contributed by atoms with van der Waals surface area (Å²) in [6.45, 7) is 6.04. The Balaban J connectivity index is 1.75. The van der Waals surface area contributed by atoms with E-state index in [9.17, 15) is 9.59 Å². The predicted molar refractivity (Wildman–Crippen MR) is 75.4 cm³/mol. The van der Waals surface area contributed by atoms with Crippen LogP contribution in [0.15, 0.2) is 4.52 Å². The maximum absolute atomic E-state index is 12.1. The topological polar surface area (TPSA) is 79.5 Å². The second-order valence-corrected chi connectivity index (χ2v) is 5.24. The summed E-state index contributed by atoms with van der Waals surface area (Å²) in [5, 5.41) is 3.87. The van der Waals surface area contributed by atoms with Crippen LogP contribution >= 0.6 is 0 Å². The van der Waals surface area contributed by atoms with Crippen LogP contribution in [-0.2, 0) is 22.4 Å². The number of aromatic nitrogens is 2. The molecule has 0 aromatic carbocycles. The van der Waals surface area contributed by atoms with Gasteiger partial charge in [0.15, 0.2) is 5.82 Å². The zero-order valence-electron chi connectivity index (χ0n) is 12.7. The van der Waals surface area contributed by atoms with Gasteiger partial charge in [-0.05, 0) is 6.42 Å². The molecular weight excluding hydrogens is 272 g/mol. The molecule has 1 aliphatic rings. The Kier molecular flexibility index (Phi) is 5.30. The van der Waals surface area contributed by atoms with E-state index >= 15 is 0 Å². The fourth-order valence-electron chi connectivity index (χ4n) is 2.36. The summed E-state index contributed by atoms with van der Waals surface area (Å²) in [5.74, 6) is 1.37. The van der Waals surface area contributed by atoms with Crippen molar-refractivity contribution in [2.45, 2.75) is 39.5 Å². The van der Waals surface area contributed by atoms with E-state index in [-0.39, 0.29) is 11.8 Å². The molecule has 1 aromatic heterocycles. The zero-order valence-corrected chi connectivity index (χ0v) is 12.7. The summed E-state index contributed by atoms with van der Waals surface area (Å²) in [6.07, 6.45) is 2.61. The third-order valence-electron chi connectivity index (χ3n) is 3.61. The Morgan fingerprint density at radius 2 is 1.81 bits per heavy atom. The molecule has 0 unspecified atom stereocenters. The lowest BCUT2D eigenvalue weighted by molar-refractivity contribution is -0.138. The fourth-order valence-corrected chi connectivity index (χ4v) is 2.36. The first-order valence-corrected chi connectivity index (χ1v) is 7.45. The lowest BCUT2D eigenvalue weighted by atomic mass is 10.2. The minimum Gasteiger partial charge on any atom is -0.339 e. The van der Waals surface area contributed by atoms with Crippen LogP contribution in [0.25, 0.3) is 0 Å². The minimum atomic E-state index is 0.0661. The van der Waals surface area contributed by atoms with Gasteiger partial charge in [-0.3, -0.25) is 9.59 Å². The molecular formula is C14H22N4O3. The van der Waals surface area contributed by atoms with Gasteiger partial charge in [-0.25, -0.2) is 0 Å². The fraction of sp³-hybridized carbons (Fsp3) is 0.714. The molecule has 7 nitrogen and oxygen atoms in total. The van der Waals surface area contributed by atoms with Crippen LogP contribution in [0.5, 0.6) is 0 Å². The third kappa shape index (κ3) is 4.27. The van der Waals surface area contributed by atoms with E-state index in [4.69, 9.17) is 4.52 Å². The van der Waals surface area contributed by atoms with Crippen molar-refractivity contribution < 1.29 is 14.1 Å². The highest BCUT2D eigenvalue weighted by Crippen LogP contribution is 2.08. The molecule has 0 spiro atoms. The van der Waals surface area contributed by atoms with Crippen molar-refractivity contribution in [3.05, 3.63) is 11.7 Å². The molecule has 2 rings (SSSR count). The quantitative estimate of drug-likeness (QED) is 0.796. The van der Waals surface area contributed by atoms with E-state index in [0.717, 1.165) is 12.8 Å². The first-order valence-electron chi connectivity index (χ1n) is 7.45. The Hall–Kier alpha value is -1.92. The molecule has 1 fully saturated rings. The standard InChI is InChI=1S/C14H22N4O3/c1-3-4-12-15-13(21-16-12)5-6-14(20)18-9-7-17(8-10-18)11(2)19/h3-10H2,1-2H3.